The number of hydrogen-bond acceptors (Lipinski definition) is 4. The summed E-state index contributed by atoms with van der Waals surface area (Å²) in [6.45, 7) is 3.51. The van der Waals surface area contributed by atoms with Gasteiger partial charge in [0.1, 0.15) is 12.3 Å². The predicted molar refractivity (Wildman–Crippen MR) is 44.5 cm³/mol. The third-order valence-electron chi connectivity index (χ3n) is 1.25. The molecular weight excluding hydrogens is 158 g/mol. The van der Waals surface area contributed by atoms with E-state index in [-0.39, 0.29) is 6.10 Å². The minimum absolute atomic E-state index is 0.153. The summed E-state index contributed by atoms with van der Waals surface area (Å²) in [6, 6.07) is -0.669. The molecule has 12 heavy (non-hydrogen) atoms. The molecule has 2 N–H and O–H groups in total. The minimum atomic E-state index is -0.669. The summed E-state index contributed by atoms with van der Waals surface area (Å²) < 4.78 is 4.83. The first kappa shape index (κ1) is 11.1. The Labute approximate surface area is 72.1 Å². The number of aldehydes is 1. The summed E-state index contributed by atoms with van der Waals surface area (Å²) in [6.07, 6.45) is 1.24. The second-order valence-corrected chi connectivity index (χ2v) is 2.84. The summed E-state index contributed by atoms with van der Waals surface area (Å²) in [5.74, 6) is -0.438. The fourth-order valence-electron chi connectivity index (χ4n) is 0.685. The molecule has 0 rings (SSSR count). The lowest BCUT2D eigenvalue weighted by molar-refractivity contribution is -0.149. The molecule has 0 heterocycles. The number of carbonyl (C=O) groups is 2. The van der Waals surface area contributed by atoms with Crippen LogP contribution in [0.1, 0.15) is 26.7 Å². The monoisotopic (exact) mass is 173 g/mol. The first-order valence-electron chi connectivity index (χ1n) is 3.97. The average Bonchev–Trinajstić information content (AvgIpc) is 1.98. The van der Waals surface area contributed by atoms with Crippen LogP contribution < -0.4 is 5.73 Å². The normalized spacial score (nSPS) is 12.7. The molecule has 0 saturated carbocycles. The number of rotatable bonds is 5. The van der Waals surface area contributed by atoms with Crippen LogP contribution in [0.5, 0.6) is 0 Å². The minimum Gasteiger partial charge on any atom is -0.462 e. The van der Waals surface area contributed by atoms with E-state index in [2.05, 4.69) is 0 Å². The number of ether oxygens (including phenoxy) is 1. The van der Waals surface area contributed by atoms with Gasteiger partial charge >= 0.3 is 5.97 Å². The molecule has 0 fully saturated rings. The number of hydrogen-bond donors (Lipinski definition) is 1. The van der Waals surface area contributed by atoms with Crippen LogP contribution in [0.15, 0.2) is 0 Å². The van der Waals surface area contributed by atoms with Gasteiger partial charge in [0.15, 0.2) is 0 Å². The molecule has 4 heteroatoms. The molecular formula is C8H15NO3. The van der Waals surface area contributed by atoms with E-state index in [1.54, 1.807) is 13.8 Å². The zero-order valence-corrected chi connectivity index (χ0v) is 7.45. The number of nitrogens with two attached hydrogens (primary N) is 1. The van der Waals surface area contributed by atoms with Gasteiger partial charge in [-0.25, -0.2) is 0 Å². The van der Waals surface area contributed by atoms with E-state index in [1.165, 1.54) is 0 Å². The van der Waals surface area contributed by atoms with Gasteiger partial charge in [-0.3, -0.25) is 4.79 Å². The molecule has 0 aromatic heterocycles. The summed E-state index contributed by atoms with van der Waals surface area (Å²) >= 11 is 0. The Morgan fingerprint density at radius 3 is 2.58 bits per heavy atom. The van der Waals surface area contributed by atoms with Crippen molar-refractivity contribution in [2.75, 3.05) is 0 Å². The smallest absolute Gasteiger partial charge is 0.323 e. The van der Waals surface area contributed by atoms with Crippen LogP contribution in [0.25, 0.3) is 0 Å². The fraction of sp³-hybridized carbons (Fsp3) is 0.750. The Kier molecular flexibility index (Phi) is 5.28. The number of esters is 1. The quantitative estimate of drug-likeness (QED) is 0.477. The molecule has 0 aromatic carbocycles. The van der Waals surface area contributed by atoms with E-state index in [9.17, 15) is 9.59 Å². The molecule has 0 amide bonds. The van der Waals surface area contributed by atoms with Crippen molar-refractivity contribution in [3.63, 3.8) is 0 Å². The summed E-state index contributed by atoms with van der Waals surface area (Å²) in [5.41, 5.74) is 5.42. The second-order valence-electron chi connectivity index (χ2n) is 2.84. The third-order valence-corrected chi connectivity index (χ3v) is 1.25. The first-order valence-corrected chi connectivity index (χ1v) is 3.97. The van der Waals surface area contributed by atoms with Crippen LogP contribution in [0, 0.1) is 0 Å². The van der Waals surface area contributed by atoms with Crippen molar-refractivity contribution in [3.05, 3.63) is 0 Å². The van der Waals surface area contributed by atoms with E-state index in [0.29, 0.717) is 12.8 Å². The zero-order valence-electron chi connectivity index (χ0n) is 7.45. The number of carbonyl (C=O) groups excluding carboxylic acids is 2. The van der Waals surface area contributed by atoms with Gasteiger partial charge in [-0.1, -0.05) is 0 Å². The van der Waals surface area contributed by atoms with Gasteiger partial charge in [-0.05, 0) is 20.3 Å². The van der Waals surface area contributed by atoms with Gasteiger partial charge in [0, 0.05) is 6.42 Å². The lowest BCUT2D eigenvalue weighted by Crippen LogP contribution is -2.33. The van der Waals surface area contributed by atoms with Crippen molar-refractivity contribution in [1.29, 1.82) is 0 Å². The molecule has 1 atom stereocenters. The van der Waals surface area contributed by atoms with Gasteiger partial charge in [-0.2, -0.15) is 0 Å². The summed E-state index contributed by atoms with van der Waals surface area (Å²) in [5, 5.41) is 0. The van der Waals surface area contributed by atoms with Crippen LogP contribution in [0.2, 0.25) is 0 Å². The van der Waals surface area contributed by atoms with Crippen molar-refractivity contribution in [2.24, 2.45) is 5.73 Å². The van der Waals surface area contributed by atoms with Gasteiger partial charge in [0.25, 0.3) is 0 Å². The Balaban J connectivity index is 3.68. The van der Waals surface area contributed by atoms with Crippen LogP contribution in [-0.4, -0.2) is 24.4 Å². The maximum atomic E-state index is 11.0. The van der Waals surface area contributed by atoms with Crippen LogP contribution >= 0.6 is 0 Å². The highest BCUT2D eigenvalue weighted by molar-refractivity contribution is 5.75. The predicted octanol–water partition coefficient (Wildman–Crippen LogP) is 0.244. The van der Waals surface area contributed by atoms with E-state index < -0.39 is 12.0 Å². The summed E-state index contributed by atoms with van der Waals surface area (Å²) in [7, 11) is 0. The molecule has 0 aliphatic rings. The van der Waals surface area contributed by atoms with Crippen molar-refractivity contribution >= 4 is 12.3 Å². The average molecular weight is 173 g/mol. The molecule has 0 bridgehead atoms. The molecule has 0 aliphatic heterocycles. The highest BCUT2D eigenvalue weighted by Crippen LogP contribution is 1.97. The van der Waals surface area contributed by atoms with Crippen LogP contribution in [0.3, 0.4) is 0 Å². The Bertz CT molecular complexity index is 156. The zero-order chi connectivity index (χ0) is 9.56. The van der Waals surface area contributed by atoms with E-state index in [4.69, 9.17) is 10.5 Å². The molecule has 70 valence electrons. The third kappa shape index (κ3) is 4.85. The lowest BCUT2D eigenvalue weighted by Gasteiger charge is -2.12. The molecule has 0 spiro atoms. The topological polar surface area (TPSA) is 69.4 Å². The first-order chi connectivity index (χ1) is 5.57. The lowest BCUT2D eigenvalue weighted by atomic mass is 10.2. The van der Waals surface area contributed by atoms with Crippen molar-refractivity contribution in [2.45, 2.75) is 38.8 Å². The van der Waals surface area contributed by atoms with Gasteiger partial charge < -0.3 is 15.3 Å². The Morgan fingerprint density at radius 1 is 1.58 bits per heavy atom. The molecule has 0 radical (unpaired) electrons. The maximum absolute atomic E-state index is 11.0. The second kappa shape index (κ2) is 5.71. The van der Waals surface area contributed by atoms with Gasteiger partial charge in [0.05, 0.1) is 6.10 Å². The molecule has 4 nitrogen and oxygen atoms in total. The van der Waals surface area contributed by atoms with E-state index in [1.807, 2.05) is 0 Å². The highest BCUT2D eigenvalue weighted by atomic mass is 16.5. The standard InChI is InChI=1S/C8H15NO3/c1-6(2)12-8(11)7(9)4-3-5-10/h5-7H,3-4,9H2,1-2H3. The Hall–Kier alpha value is -0.900. The Morgan fingerprint density at radius 2 is 2.17 bits per heavy atom. The van der Waals surface area contributed by atoms with Crippen LogP contribution in [-0.2, 0) is 14.3 Å². The summed E-state index contributed by atoms with van der Waals surface area (Å²) in [4.78, 5) is 20.9. The SMILES string of the molecule is CC(C)OC(=O)C(N)CCC=O. The fourth-order valence-corrected chi connectivity index (χ4v) is 0.685. The molecule has 0 aliphatic carbocycles. The van der Waals surface area contributed by atoms with Crippen molar-refractivity contribution in [1.82, 2.24) is 0 Å². The van der Waals surface area contributed by atoms with E-state index in [0.717, 1.165) is 6.29 Å². The van der Waals surface area contributed by atoms with E-state index >= 15 is 0 Å². The molecule has 1 unspecified atom stereocenters. The molecule has 0 aromatic rings. The van der Waals surface area contributed by atoms with Crippen molar-refractivity contribution in [3.8, 4) is 0 Å². The molecule has 0 saturated heterocycles. The van der Waals surface area contributed by atoms with Gasteiger partial charge in [0.2, 0.25) is 0 Å². The van der Waals surface area contributed by atoms with Crippen molar-refractivity contribution < 1.29 is 14.3 Å². The van der Waals surface area contributed by atoms with Crippen LogP contribution in [0.4, 0.5) is 0 Å². The van der Waals surface area contributed by atoms with Gasteiger partial charge in [-0.15, -0.1) is 0 Å². The largest absolute Gasteiger partial charge is 0.462 e. The maximum Gasteiger partial charge on any atom is 0.323 e. The highest BCUT2D eigenvalue weighted by Gasteiger charge is 2.15.